The molecule has 0 saturated carbocycles. The zero-order valence-electron chi connectivity index (χ0n) is 22.8. The van der Waals surface area contributed by atoms with Crippen LogP contribution in [0.25, 0.3) is 0 Å². The van der Waals surface area contributed by atoms with Crippen LogP contribution in [0.5, 0.6) is 5.75 Å². The van der Waals surface area contributed by atoms with Crippen molar-refractivity contribution in [3.8, 4) is 11.8 Å². The molecule has 2 aromatic carbocycles. The van der Waals surface area contributed by atoms with Gasteiger partial charge >= 0.3 is 6.09 Å². The Morgan fingerprint density at radius 1 is 1.13 bits per heavy atom. The lowest BCUT2D eigenvalue weighted by Gasteiger charge is -2.33. The van der Waals surface area contributed by atoms with Gasteiger partial charge in [0.05, 0.1) is 6.07 Å². The number of amides is 3. The van der Waals surface area contributed by atoms with Gasteiger partial charge in [0, 0.05) is 13.0 Å². The Morgan fingerprint density at radius 3 is 2.39 bits per heavy atom. The Bertz CT molecular complexity index is 1140. The van der Waals surface area contributed by atoms with Crippen LogP contribution < -0.4 is 10.6 Å². The Morgan fingerprint density at radius 2 is 1.82 bits per heavy atom. The molecule has 0 saturated heterocycles. The standard InChI is InChI=1S/C29H38N4O5/c1-6-7-16-31-26(35)25(22-13-14-24(34)20(2)18-22)33(17-15-30)27(36)23(19-21-11-9-8-10-12-21)32-28(37)38-29(3,4)5/h8-14,18,23,25,34H,6-7,16-17,19H2,1-5H3,(H,31,35)(H,32,37). The predicted molar refractivity (Wildman–Crippen MR) is 144 cm³/mol. The number of carbonyl (C=O) groups excluding carboxylic acids is 3. The highest BCUT2D eigenvalue weighted by Gasteiger charge is 2.36. The third kappa shape index (κ3) is 9.11. The highest BCUT2D eigenvalue weighted by atomic mass is 16.6. The maximum absolute atomic E-state index is 14.0. The van der Waals surface area contributed by atoms with Gasteiger partial charge < -0.3 is 25.4 Å². The maximum atomic E-state index is 14.0. The van der Waals surface area contributed by atoms with Crippen molar-refractivity contribution in [2.75, 3.05) is 13.1 Å². The minimum Gasteiger partial charge on any atom is -0.508 e. The fourth-order valence-corrected chi connectivity index (χ4v) is 3.88. The van der Waals surface area contributed by atoms with E-state index in [4.69, 9.17) is 4.74 Å². The van der Waals surface area contributed by atoms with Crippen molar-refractivity contribution in [2.24, 2.45) is 0 Å². The molecule has 3 amide bonds. The van der Waals surface area contributed by atoms with E-state index >= 15 is 0 Å². The largest absolute Gasteiger partial charge is 0.508 e. The molecular formula is C29H38N4O5. The van der Waals surface area contributed by atoms with E-state index in [1.165, 1.54) is 6.07 Å². The zero-order chi connectivity index (χ0) is 28.3. The number of benzene rings is 2. The summed E-state index contributed by atoms with van der Waals surface area (Å²) in [6.07, 6.45) is 0.951. The molecule has 0 bridgehead atoms. The molecule has 2 atom stereocenters. The van der Waals surface area contributed by atoms with Gasteiger partial charge in [0.1, 0.15) is 30.0 Å². The first kappa shape index (κ1) is 30.2. The van der Waals surface area contributed by atoms with Crippen LogP contribution in [0.4, 0.5) is 4.79 Å². The molecule has 2 rings (SSSR count). The van der Waals surface area contributed by atoms with Crippen molar-refractivity contribution < 1.29 is 24.2 Å². The lowest BCUT2D eigenvalue weighted by molar-refractivity contribution is -0.141. The molecule has 0 aliphatic heterocycles. The summed E-state index contributed by atoms with van der Waals surface area (Å²) >= 11 is 0. The number of nitrogens with zero attached hydrogens (tertiary/aromatic N) is 2. The molecule has 3 N–H and O–H groups in total. The number of ether oxygens (including phenoxy) is 1. The van der Waals surface area contributed by atoms with Gasteiger partial charge in [-0.1, -0.05) is 49.7 Å². The SMILES string of the molecule is CCCCNC(=O)C(c1ccc(O)c(C)c1)N(CC#N)C(=O)C(Cc1ccccc1)NC(=O)OC(C)(C)C. The zero-order valence-corrected chi connectivity index (χ0v) is 22.8. The molecule has 38 heavy (non-hydrogen) atoms. The van der Waals surface area contributed by atoms with Crippen LogP contribution in [-0.2, 0) is 20.7 Å². The number of hydrogen-bond acceptors (Lipinski definition) is 6. The molecule has 9 nitrogen and oxygen atoms in total. The van der Waals surface area contributed by atoms with Crippen LogP contribution in [0.1, 0.15) is 63.3 Å². The highest BCUT2D eigenvalue weighted by Crippen LogP contribution is 2.27. The third-order valence-electron chi connectivity index (χ3n) is 5.72. The summed E-state index contributed by atoms with van der Waals surface area (Å²) in [5.74, 6) is -1.02. The Balaban J connectivity index is 2.52. The van der Waals surface area contributed by atoms with Crippen LogP contribution in [-0.4, -0.2) is 52.6 Å². The summed E-state index contributed by atoms with van der Waals surface area (Å²) < 4.78 is 5.39. The normalized spacial score (nSPS) is 12.5. The number of nitrogens with one attached hydrogen (secondary N) is 2. The van der Waals surface area contributed by atoms with E-state index < -0.39 is 42.1 Å². The van der Waals surface area contributed by atoms with Crippen LogP contribution in [0.15, 0.2) is 48.5 Å². The van der Waals surface area contributed by atoms with Gasteiger partial charge in [-0.05, 0) is 62.9 Å². The Hall–Kier alpha value is -4.06. The first-order chi connectivity index (χ1) is 18.0. The summed E-state index contributed by atoms with van der Waals surface area (Å²) in [6.45, 7) is 8.83. The van der Waals surface area contributed by atoms with Gasteiger partial charge in [-0.25, -0.2) is 4.79 Å². The first-order valence-electron chi connectivity index (χ1n) is 12.7. The Labute approximate surface area is 224 Å². The fourth-order valence-electron chi connectivity index (χ4n) is 3.88. The number of phenolic OH excluding ortho intramolecular Hbond substituents is 1. The molecule has 0 aliphatic rings. The molecular weight excluding hydrogens is 484 g/mol. The number of alkyl carbamates (subject to hydrolysis) is 1. The van der Waals surface area contributed by atoms with Gasteiger partial charge in [0.15, 0.2) is 0 Å². The molecule has 0 fully saturated rings. The van der Waals surface area contributed by atoms with Crippen LogP contribution in [0, 0.1) is 18.3 Å². The van der Waals surface area contributed by atoms with E-state index in [-0.39, 0.29) is 12.2 Å². The van der Waals surface area contributed by atoms with Crippen LogP contribution in [0.3, 0.4) is 0 Å². The minimum absolute atomic E-state index is 0.0468. The molecule has 0 spiro atoms. The molecule has 0 radical (unpaired) electrons. The van der Waals surface area contributed by atoms with Gasteiger partial charge in [-0.3, -0.25) is 9.59 Å². The lowest BCUT2D eigenvalue weighted by atomic mass is 9.99. The summed E-state index contributed by atoms with van der Waals surface area (Å²) in [5.41, 5.74) is 0.949. The molecule has 0 aliphatic carbocycles. The van der Waals surface area contributed by atoms with Crippen molar-refractivity contribution in [2.45, 2.75) is 71.6 Å². The summed E-state index contributed by atoms with van der Waals surface area (Å²) in [7, 11) is 0. The van der Waals surface area contributed by atoms with E-state index in [1.54, 1.807) is 39.8 Å². The van der Waals surface area contributed by atoms with Crippen molar-refractivity contribution >= 4 is 17.9 Å². The number of aryl methyl sites for hydroxylation is 1. The molecule has 9 heteroatoms. The molecule has 2 aromatic rings. The van der Waals surface area contributed by atoms with Gasteiger partial charge in [0.2, 0.25) is 11.8 Å². The van der Waals surface area contributed by atoms with E-state index in [9.17, 15) is 24.8 Å². The van der Waals surface area contributed by atoms with E-state index in [2.05, 4.69) is 10.6 Å². The molecule has 204 valence electrons. The monoisotopic (exact) mass is 522 g/mol. The number of nitriles is 1. The van der Waals surface area contributed by atoms with Gasteiger partial charge in [-0.15, -0.1) is 0 Å². The number of hydrogen-bond donors (Lipinski definition) is 3. The van der Waals surface area contributed by atoms with Gasteiger partial charge in [-0.2, -0.15) is 5.26 Å². The van der Waals surface area contributed by atoms with Crippen molar-refractivity contribution in [3.05, 3.63) is 65.2 Å². The second-order valence-corrected chi connectivity index (χ2v) is 10.1. The average molecular weight is 523 g/mol. The third-order valence-corrected chi connectivity index (χ3v) is 5.72. The number of rotatable bonds is 11. The smallest absolute Gasteiger partial charge is 0.408 e. The molecule has 2 unspecified atom stereocenters. The van der Waals surface area contributed by atoms with Crippen molar-refractivity contribution in [1.29, 1.82) is 5.26 Å². The van der Waals surface area contributed by atoms with Gasteiger partial charge in [0.25, 0.3) is 0 Å². The quantitative estimate of drug-likeness (QED) is 0.300. The molecule has 0 heterocycles. The number of aromatic hydroxyl groups is 1. The Kier molecular flexibility index (Phi) is 11.1. The fraction of sp³-hybridized carbons (Fsp3) is 0.448. The summed E-state index contributed by atoms with van der Waals surface area (Å²) in [4.78, 5) is 41.3. The highest BCUT2D eigenvalue weighted by molar-refractivity contribution is 5.92. The van der Waals surface area contributed by atoms with E-state index in [0.717, 1.165) is 23.3 Å². The second kappa shape index (κ2) is 14.0. The summed E-state index contributed by atoms with van der Waals surface area (Å²) in [5, 5.41) is 25.2. The van der Waals surface area contributed by atoms with Crippen molar-refractivity contribution in [3.63, 3.8) is 0 Å². The predicted octanol–water partition coefficient (Wildman–Crippen LogP) is 4.15. The van der Waals surface area contributed by atoms with Crippen LogP contribution in [0.2, 0.25) is 0 Å². The molecule has 0 aromatic heterocycles. The second-order valence-electron chi connectivity index (χ2n) is 10.1. The number of unbranched alkanes of at least 4 members (excludes halogenated alkanes) is 1. The number of carbonyl (C=O) groups is 3. The van der Waals surface area contributed by atoms with Crippen molar-refractivity contribution in [1.82, 2.24) is 15.5 Å². The number of phenols is 1. The van der Waals surface area contributed by atoms with E-state index in [0.29, 0.717) is 17.7 Å². The maximum Gasteiger partial charge on any atom is 0.408 e. The topological polar surface area (TPSA) is 132 Å². The minimum atomic E-state index is -1.16. The average Bonchev–Trinajstić information content (AvgIpc) is 2.84. The lowest BCUT2D eigenvalue weighted by Crippen LogP contribution is -2.54. The summed E-state index contributed by atoms with van der Waals surface area (Å²) in [6, 6.07) is 13.5. The van der Waals surface area contributed by atoms with E-state index in [1.807, 2.05) is 43.3 Å². The first-order valence-corrected chi connectivity index (χ1v) is 12.7. The van der Waals surface area contributed by atoms with Crippen LogP contribution >= 0.6 is 0 Å².